The number of hydrogen-bond donors (Lipinski definition) is 2. The highest BCUT2D eigenvalue weighted by Crippen LogP contribution is 2.42. The van der Waals surface area contributed by atoms with E-state index in [1.807, 2.05) is 11.0 Å². The number of aryl methyl sites for hydroxylation is 1. The molecule has 1 aromatic carbocycles. The number of rotatable bonds is 3. The van der Waals surface area contributed by atoms with E-state index < -0.39 is 11.9 Å². The molecule has 0 amide bonds. The van der Waals surface area contributed by atoms with Gasteiger partial charge in [0.1, 0.15) is 23.6 Å². The first-order chi connectivity index (χ1) is 22.5. The minimum absolute atomic E-state index is 0.0428. The SMILES string of the molecule is OC1CC2CN(C1)c1nc(OCC34CCCN3CCC4)nc3c(F)c(ncc13)-c1c(c(Cl)cc3[nH]ncc13)CCCc1noc2n1. The Bertz CT molecular complexity index is 1970. The van der Waals surface area contributed by atoms with Crippen LogP contribution in [0, 0.1) is 5.82 Å². The summed E-state index contributed by atoms with van der Waals surface area (Å²) in [5.74, 6) is 0.666. The van der Waals surface area contributed by atoms with Crippen molar-refractivity contribution < 1.29 is 18.8 Å². The first kappa shape index (κ1) is 28.3. The Morgan fingerprint density at radius 3 is 2.83 bits per heavy atom. The summed E-state index contributed by atoms with van der Waals surface area (Å²) >= 11 is 6.85. The van der Waals surface area contributed by atoms with Crippen LogP contribution < -0.4 is 9.64 Å². The number of fused-ring (bicyclic) bond motifs is 5. The van der Waals surface area contributed by atoms with Gasteiger partial charge in [-0.1, -0.05) is 16.8 Å². The number of aromatic nitrogens is 7. The van der Waals surface area contributed by atoms with Crippen LogP contribution >= 0.6 is 11.6 Å². The summed E-state index contributed by atoms with van der Waals surface area (Å²) in [6.45, 7) is 3.29. The Labute approximate surface area is 268 Å². The molecule has 8 bridgehead atoms. The Kier molecular flexibility index (Phi) is 6.65. The molecule has 0 saturated carbocycles. The lowest BCUT2D eigenvalue weighted by atomic mass is 9.94. The lowest BCUT2D eigenvalue weighted by Crippen LogP contribution is -2.44. The van der Waals surface area contributed by atoms with Gasteiger partial charge in [-0.3, -0.25) is 15.0 Å². The summed E-state index contributed by atoms with van der Waals surface area (Å²) < 4.78 is 29.2. The normalized spacial score (nSPS) is 22.6. The fourth-order valence-corrected chi connectivity index (χ4v) is 8.46. The number of hydrogen-bond acceptors (Lipinski definition) is 11. The predicted octanol–water partition coefficient (Wildman–Crippen LogP) is 4.59. The molecular formula is C32H33ClFN9O3. The summed E-state index contributed by atoms with van der Waals surface area (Å²) in [6.07, 6.45) is 9.14. The van der Waals surface area contributed by atoms with Crippen molar-refractivity contribution in [2.75, 3.05) is 37.7 Å². The van der Waals surface area contributed by atoms with Gasteiger partial charge in [0, 0.05) is 41.7 Å². The third-order valence-corrected chi connectivity index (χ3v) is 10.7. The largest absolute Gasteiger partial charge is 0.461 e. The van der Waals surface area contributed by atoms with Crippen LogP contribution in [0.15, 0.2) is 23.0 Å². The molecule has 14 heteroatoms. The van der Waals surface area contributed by atoms with E-state index in [0.29, 0.717) is 83.2 Å². The van der Waals surface area contributed by atoms with Gasteiger partial charge < -0.3 is 19.3 Å². The van der Waals surface area contributed by atoms with Crippen molar-refractivity contribution in [3.63, 3.8) is 0 Å². The Morgan fingerprint density at radius 1 is 1.09 bits per heavy atom. The molecule has 46 heavy (non-hydrogen) atoms. The van der Waals surface area contributed by atoms with Gasteiger partial charge in [-0.25, -0.2) is 4.39 Å². The van der Waals surface area contributed by atoms with Crippen LogP contribution in [0.1, 0.15) is 61.7 Å². The summed E-state index contributed by atoms with van der Waals surface area (Å²) in [5.41, 5.74) is 2.20. The molecule has 12 nitrogen and oxygen atoms in total. The maximum absolute atomic E-state index is 17.1. The molecule has 3 saturated heterocycles. The zero-order valence-corrected chi connectivity index (χ0v) is 25.9. The molecule has 2 N–H and O–H groups in total. The molecule has 0 radical (unpaired) electrons. The highest BCUT2D eigenvalue weighted by atomic mass is 35.5. The summed E-state index contributed by atoms with van der Waals surface area (Å²) in [7, 11) is 0. The standard InChI is InChI=1S/C32H33ClFN9O3/c33-22-11-23-20(13-36-40-23)25-19(22)4-1-5-24-37-30(46-41-24)17-10-18(44)15-42(14-17)29-21-12-35-28(25)26(34)27(21)38-31(39-29)45-16-32-6-2-8-43(32)9-3-7-32/h11-13,17-18,44H,1-10,14-16H2,(H,36,40). The van der Waals surface area contributed by atoms with Crippen molar-refractivity contribution >= 4 is 39.2 Å². The van der Waals surface area contributed by atoms with E-state index in [0.717, 1.165) is 44.3 Å². The number of aliphatic hydroxyl groups excluding tert-OH is 1. The second-order valence-electron chi connectivity index (χ2n) is 13.2. The van der Waals surface area contributed by atoms with E-state index in [9.17, 15) is 5.11 Å². The van der Waals surface area contributed by atoms with E-state index in [-0.39, 0.29) is 35.2 Å². The Morgan fingerprint density at radius 2 is 1.96 bits per heavy atom. The molecule has 5 aromatic rings. The molecule has 0 aliphatic carbocycles. The van der Waals surface area contributed by atoms with Crippen LogP contribution in [0.2, 0.25) is 5.02 Å². The van der Waals surface area contributed by atoms with Crippen molar-refractivity contribution in [3.05, 3.63) is 46.6 Å². The molecule has 2 unspecified atom stereocenters. The van der Waals surface area contributed by atoms with Crippen LogP contribution in [0.5, 0.6) is 6.01 Å². The topological polar surface area (TPSA) is 142 Å². The van der Waals surface area contributed by atoms with Gasteiger partial charge in [0.25, 0.3) is 0 Å². The minimum atomic E-state index is -0.688. The number of nitrogens with one attached hydrogen (secondary N) is 1. The van der Waals surface area contributed by atoms with Gasteiger partial charge in [0.05, 0.1) is 34.7 Å². The first-order valence-electron chi connectivity index (χ1n) is 16.1. The van der Waals surface area contributed by atoms with Crippen LogP contribution in [0.3, 0.4) is 0 Å². The van der Waals surface area contributed by atoms with E-state index in [2.05, 4.69) is 20.3 Å². The molecular weight excluding hydrogens is 613 g/mol. The molecule has 4 aromatic heterocycles. The lowest BCUT2D eigenvalue weighted by molar-refractivity contribution is 0.107. The monoisotopic (exact) mass is 645 g/mol. The van der Waals surface area contributed by atoms with E-state index >= 15 is 4.39 Å². The number of pyridine rings is 1. The number of aromatic amines is 1. The van der Waals surface area contributed by atoms with Gasteiger partial charge in [-0.05, 0) is 69.7 Å². The number of piperidine rings is 1. The molecule has 238 valence electrons. The number of halogens is 2. The second kappa shape index (κ2) is 10.8. The predicted molar refractivity (Wildman–Crippen MR) is 168 cm³/mol. The number of benzene rings is 1. The number of aliphatic hydroxyl groups is 1. The van der Waals surface area contributed by atoms with E-state index in [1.165, 1.54) is 0 Å². The van der Waals surface area contributed by atoms with Crippen molar-refractivity contribution in [2.24, 2.45) is 0 Å². The molecule has 5 aliphatic rings. The zero-order chi connectivity index (χ0) is 31.0. The quantitative estimate of drug-likeness (QED) is 0.284. The fraction of sp³-hybridized carbons (Fsp3) is 0.500. The molecule has 10 rings (SSSR count). The maximum atomic E-state index is 17.1. The molecule has 3 fully saturated rings. The van der Waals surface area contributed by atoms with Crippen molar-refractivity contribution in [2.45, 2.75) is 68.9 Å². The zero-order valence-electron chi connectivity index (χ0n) is 25.2. The van der Waals surface area contributed by atoms with Gasteiger partial charge in [0.2, 0.25) is 5.89 Å². The van der Waals surface area contributed by atoms with Crippen molar-refractivity contribution in [1.29, 1.82) is 0 Å². The molecule has 2 atom stereocenters. The van der Waals surface area contributed by atoms with Crippen molar-refractivity contribution in [1.82, 2.24) is 40.2 Å². The highest BCUT2D eigenvalue weighted by Gasteiger charge is 2.45. The van der Waals surface area contributed by atoms with Gasteiger partial charge in [-0.2, -0.15) is 20.1 Å². The average molecular weight is 646 g/mol. The molecule has 0 spiro atoms. The van der Waals surface area contributed by atoms with Gasteiger partial charge in [-0.15, -0.1) is 0 Å². The van der Waals surface area contributed by atoms with Crippen molar-refractivity contribution in [3.8, 4) is 17.3 Å². The summed E-state index contributed by atoms with van der Waals surface area (Å²) in [5, 5.41) is 24.1. The second-order valence-corrected chi connectivity index (χ2v) is 13.6. The maximum Gasteiger partial charge on any atom is 0.319 e. The van der Waals surface area contributed by atoms with E-state index in [1.54, 1.807) is 12.4 Å². The molecule has 5 aliphatic heterocycles. The average Bonchev–Trinajstić information content (AvgIpc) is 3.85. The van der Waals surface area contributed by atoms with Gasteiger partial charge in [0.15, 0.2) is 11.6 Å². The molecule has 9 heterocycles. The lowest BCUT2D eigenvalue weighted by Gasteiger charge is -2.35. The number of H-pyrrole nitrogens is 1. The number of nitrogens with zero attached hydrogens (tertiary/aromatic N) is 8. The Balaban J connectivity index is 1.24. The number of anilines is 1. The number of ether oxygens (including phenoxy) is 1. The van der Waals surface area contributed by atoms with Crippen LogP contribution in [-0.2, 0) is 12.8 Å². The van der Waals surface area contributed by atoms with E-state index in [4.69, 9.17) is 40.8 Å². The van der Waals surface area contributed by atoms with Crippen LogP contribution in [0.4, 0.5) is 10.2 Å². The first-order valence-corrected chi connectivity index (χ1v) is 16.5. The third-order valence-electron chi connectivity index (χ3n) is 10.3. The van der Waals surface area contributed by atoms with Crippen LogP contribution in [-0.4, -0.2) is 89.7 Å². The fourth-order valence-electron chi connectivity index (χ4n) is 8.16. The summed E-state index contributed by atoms with van der Waals surface area (Å²) in [4.78, 5) is 23.4. The summed E-state index contributed by atoms with van der Waals surface area (Å²) in [6, 6.07) is 1.91. The highest BCUT2D eigenvalue weighted by molar-refractivity contribution is 6.33. The minimum Gasteiger partial charge on any atom is -0.461 e. The Hall–Kier alpha value is -3.94. The smallest absolute Gasteiger partial charge is 0.319 e. The van der Waals surface area contributed by atoms with Crippen LogP contribution in [0.25, 0.3) is 33.1 Å². The third kappa shape index (κ3) is 4.54. The van der Waals surface area contributed by atoms with Gasteiger partial charge >= 0.3 is 6.01 Å².